The van der Waals surface area contributed by atoms with Crippen LogP contribution in [0.25, 0.3) is 0 Å². The Hall–Kier alpha value is -1.30. The molecule has 1 N–H and O–H groups in total. The fourth-order valence-corrected chi connectivity index (χ4v) is 2.56. The molecule has 0 spiro atoms. The van der Waals surface area contributed by atoms with Gasteiger partial charge in [0.05, 0.1) is 6.04 Å². The molecule has 6 nitrogen and oxygen atoms in total. The number of amides is 2. The number of hydrogen-bond donors (Lipinski definition) is 1. The molecule has 2 amide bonds. The zero-order valence-corrected chi connectivity index (χ0v) is 14.8. The third-order valence-corrected chi connectivity index (χ3v) is 3.73. The molecule has 1 fully saturated rings. The quantitative estimate of drug-likeness (QED) is 0.860. The lowest BCUT2D eigenvalue weighted by molar-refractivity contribution is -0.130. The monoisotopic (exact) mass is 313 g/mol. The van der Waals surface area contributed by atoms with Crippen molar-refractivity contribution in [3.63, 3.8) is 0 Å². The molecule has 1 heterocycles. The molecule has 1 aliphatic rings. The van der Waals surface area contributed by atoms with Crippen molar-refractivity contribution in [3.05, 3.63) is 0 Å². The minimum absolute atomic E-state index is 0.0413. The lowest BCUT2D eigenvalue weighted by Crippen LogP contribution is -2.52. The van der Waals surface area contributed by atoms with Gasteiger partial charge in [-0.1, -0.05) is 0 Å². The van der Waals surface area contributed by atoms with Crippen LogP contribution >= 0.6 is 0 Å². The second-order valence-electron chi connectivity index (χ2n) is 7.19. The van der Waals surface area contributed by atoms with Crippen LogP contribution in [0.1, 0.15) is 47.0 Å². The van der Waals surface area contributed by atoms with Crippen LogP contribution in [0.15, 0.2) is 0 Å². The Morgan fingerprint density at radius 3 is 2.50 bits per heavy atom. The zero-order chi connectivity index (χ0) is 16.9. The van der Waals surface area contributed by atoms with E-state index < -0.39 is 5.60 Å². The fourth-order valence-electron chi connectivity index (χ4n) is 2.56. The number of nitrogens with one attached hydrogen (secondary N) is 1. The summed E-state index contributed by atoms with van der Waals surface area (Å²) in [6, 6.07) is -0.168. The molecule has 0 radical (unpaired) electrons. The Morgan fingerprint density at radius 1 is 1.32 bits per heavy atom. The number of likely N-dealkylation sites (tertiary alicyclic amines) is 1. The Kier molecular flexibility index (Phi) is 6.66. The van der Waals surface area contributed by atoms with Gasteiger partial charge < -0.3 is 19.9 Å². The Morgan fingerprint density at radius 2 is 1.95 bits per heavy atom. The van der Waals surface area contributed by atoms with Gasteiger partial charge in [0.2, 0.25) is 5.91 Å². The van der Waals surface area contributed by atoms with Crippen LogP contribution in [0, 0.1) is 0 Å². The van der Waals surface area contributed by atoms with Gasteiger partial charge in [0, 0.05) is 33.2 Å². The molecule has 0 aromatic rings. The van der Waals surface area contributed by atoms with Gasteiger partial charge in [-0.15, -0.1) is 0 Å². The first kappa shape index (κ1) is 18.7. The highest BCUT2D eigenvalue weighted by atomic mass is 16.6. The summed E-state index contributed by atoms with van der Waals surface area (Å²) >= 11 is 0. The Balaban J connectivity index is 2.58. The van der Waals surface area contributed by atoms with E-state index in [9.17, 15) is 9.59 Å². The maximum Gasteiger partial charge on any atom is 0.410 e. The molecule has 1 saturated heterocycles. The van der Waals surface area contributed by atoms with Gasteiger partial charge in [-0.3, -0.25) is 4.79 Å². The van der Waals surface area contributed by atoms with Gasteiger partial charge in [0.25, 0.3) is 0 Å². The first-order valence-corrected chi connectivity index (χ1v) is 8.06. The van der Waals surface area contributed by atoms with E-state index in [1.165, 1.54) is 0 Å². The van der Waals surface area contributed by atoms with Crippen LogP contribution in [0.5, 0.6) is 0 Å². The molecule has 0 aliphatic carbocycles. The van der Waals surface area contributed by atoms with E-state index in [0.717, 1.165) is 25.8 Å². The summed E-state index contributed by atoms with van der Waals surface area (Å²) in [4.78, 5) is 27.6. The van der Waals surface area contributed by atoms with E-state index in [1.54, 1.807) is 23.9 Å². The van der Waals surface area contributed by atoms with E-state index >= 15 is 0 Å². The van der Waals surface area contributed by atoms with E-state index in [1.807, 2.05) is 27.7 Å². The van der Waals surface area contributed by atoms with Crippen LogP contribution < -0.4 is 5.32 Å². The minimum Gasteiger partial charge on any atom is -0.444 e. The third kappa shape index (κ3) is 5.83. The van der Waals surface area contributed by atoms with Crippen molar-refractivity contribution in [2.24, 2.45) is 0 Å². The average molecular weight is 313 g/mol. The molecule has 6 heteroatoms. The molecule has 128 valence electrons. The van der Waals surface area contributed by atoms with Gasteiger partial charge in [-0.2, -0.15) is 0 Å². The van der Waals surface area contributed by atoms with Gasteiger partial charge >= 0.3 is 6.09 Å². The first-order valence-electron chi connectivity index (χ1n) is 8.06. The second-order valence-corrected chi connectivity index (χ2v) is 7.19. The van der Waals surface area contributed by atoms with Crippen molar-refractivity contribution >= 4 is 12.0 Å². The normalized spacial score (nSPS) is 20.5. The molecule has 0 bridgehead atoms. The number of ether oxygens (including phenoxy) is 1. The van der Waals surface area contributed by atoms with Crippen LogP contribution in [-0.2, 0) is 9.53 Å². The van der Waals surface area contributed by atoms with Crippen LogP contribution in [-0.4, -0.2) is 66.7 Å². The number of carbonyl (C=O) groups excluding carboxylic acids is 2. The van der Waals surface area contributed by atoms with Crippen LogP contribution in [0.4, 0.5) is 4.79 Å². The molecular weight excluding hydrogens is 282 g/mol. The van der Waals surface area contributed by atoms with Crippen LogP contribution in [0.2, 0.25) is 0 Å². The van der Waals surface area contributed by atoms with E-state index in [4.69, 9.17) is 4.74 Å². The highest BCUT2D eigenvalue weighted by Gasteiger charge is 2.30. The number of nitrogens with zero attached hydrogens (tertiary/aromatic N) is 2. The van der Waals surface area contributed by atoms with E-state index in [-0.39, 0.29) is 24.1 Å². The van der Waals surface area contributed by atoms with Crippen molar-refractivity contribution < 1.29 is 14.3 Å². The minimum atomic E-state index is -0.485. The summed E-state index contributed by atoms with van der Waals surface area (Å²) in [6.07, 6.45) is 2.78. The predicted molar refractivity (Wildman–Crippen MR) is 86.7 cm³/mol. The average Bonchev–Trinajstić information content (AvgIpc) is 2.42. The first-order chi connectivity index (χ1) is 10.1. The second kappa shape index (κ2) is 7.81. The maximum absolute atomic E-state index is 12.3. The lowest BCUT2D eigenvalue weighted by Gasteiger charge is -2.37. The van der Waals surface area contributed by atoms with E-state index in [2.05, 4.69) is 5.32 Å². The Bertz CT molecular complexity index is 391. The largest absolute Gasteiger partial charge is 0.444 e. The highest BCUT2D eigenvalue weighted by Crippen LogP contribution is 2.20. The van der Waals surface area contributed by atoms with Gasteiger partial charge in [0.1, 0.15) is 5.60 Å². The van der Waals surface area contributed by atoms with Crippen molar-refractivity contribution in [3.8, 4) is 0 Å². The van der Waals surface area contributed by atoms with Crippen molar-refractivity contribution in [1.82, 2.24) is 15.1 Å². The van der Waals surface area contributed by atoms with Gasteiger partial charge in [-0.05, 0) is 47.0 Å². The topological polar surface area (TPSA) is 61.9 Å². The van der Waals surface area contributed by atoms with Crippen molar-refractivity contribution in [2.75, 3.05) is 27.2 Å². The summed E-state index contributed by atoms with van der Waals surface area (Å²) in [5, 5.41) is 3.24. The summed E-state index contributed by atoms with van der Waals surface area (Å²) in [5.74, 6) is 0.0413. The number of hydrogen-bond acceptors (Lipinski definition) is 4. The smallest absolute Gasteiger partial charge is 0.410 e. The molecule has 1 rings (SSSR count). The fraction of sp³-hybridized carbons (Fsp3) is 0.875. The molecule has 2 atom stereocenters. The van der Waals surface area contributed by atoms with Crippen molar-refractivity contribution in [2.45, 2.75) is 64.6 Å². The van der Waals surface area contributed by atoms with Crippen LogP contribution in [0.3, 0.4) is 0 Å². The summed E-state index contributed by atoms with van der Waals surface area (Å²) in [6.45, 7) is 8.81. The summed E-state index contributed by atoms with van der Waals surface area (Å²) < 4.78 is 5.48. The number of likely N-dealkylation sites (N-methyl/N-ethyl adjacent to an activating group) is 1. The third-order valence-electron chi connectivity index (χ3n) is 3.73. The zero-order valence-electron chi connectivity index (χ0n) is 14.8. The van der Waals surface area contributed by atoms with Gasteiger partial charge in [-0.25, -0.2) is 4.79 Å². The summed E-state index contributed by atoms with van der Waals surface area (Å²) in [5.41, 5.74) is -0.485. The summed E-state index contributed by atoms with van der Waals surface area (Å²) in [7, 11) is 3.49. The predicted octanol–water partition coefficient (Wildman–Crippen LogP) is 1.84. The molecule has 2 unspecified atom stereocenters. The van der Waals surface area contributed by atoms with Gasteiger partial charge in [0.15, 0.2) is 0 Å². The standard InChI is InChI=1S/C16H31N3O3/c1-12(14(20)18(5)6)17-11-13-9-7-8-10-19(13)15(21)22-16(2,3)4/h12-13,17H,7-11H2,1-6H3. The molecule has 22 heavy (non-hydrogen) atoms. The Labute approximate surface area is 134 Å². The SMILES string of the molecule is CC(NCC1CCCCN1C(=O)OC(C)(C)C)C(=O)N(C)C. The number of rotatable bonds is 4. The molecule has 1 aliphatic heterocycles. The van der Waals surface area contributed by atoms with E-state index in [0.29, 0.717) is 6.54 Å². The van der Waals surface area contributed by atoms with Crippen molar-refractivity contribution in [1.29, 1.82) is 0 Å². The molecular formula is C16H31N3O3. The number of piperidine rings is 1. The lowest BCUT2D eigenvalue weighted by atomic mass is 10.0. The number of carbonyl (C=O) groups is 2. The molecule has 0 aromatic heterocycles. The molecule has 0 saturated carbocycles. The highest BCUT2D eigenvalue weighted by molar-refractivity contribution is 5.80. The maximum atomic E-state index is 12.3. The molecule has 0 aromatic carbocycles.